The molecule has 0 aliphatic rings. The molecule has 128 valence electrons. The highest BCUT2D eigenvalue weighted by Crippen LogP contribution is 2.19. The maximum Gasteiger partial charge on any atom is 0.238 e. The summed E-state index contributed by atoms with van der Waals surface area (Å²) in [5.74, 6) is -2.00. The van der Waals surface area contributed by atoms with E-state index in [1.165, 1.54) is 6.07 Å². The lowest BCUT2D eigenvalue weighted by Crippen LogP contribution is -2.25. The van der Waals surface area contributed by atoms with Crippen LogP contribution in [0.1, 0.15) is 12.7 Å². The summed E-state index contributed by atoms with van der Waals surface area (Å²) < 4.78 is 31.7. The minimum Gasteiger partial charge on any atom is -0.360 e. The number of halogens is 2. The number of thioether (sulfide) groups is 1. The van der Waals surface area contributed by atoms with Crippen molar-refractivity contribution < 1.29 is 22.9 Å². The third-order valence-electron chi connectivity index (χ3n) is 2.94. The molecule has 0 fully saturated rings. The number of rotatable bonds is 6. The Kier molecular flexibility index (Phi) is 5.91. The quantitative estimate of drug-likeness (QED) is 0.832. The summed E-state index contributed by atoms with van der Waals surface area (Å²) >= 11 is 1.02. The van der Waals surface area contributed by atoms with Gasteiger partial charge in [-0.15, -0.1) is 11.8 Å². The first-order valence-corrected chi connectivity index (χ1v) is 8.01. The Morgan fingerprint density at radius 2 is 1.96 bits per heavy atom. The highest BCUT2D eigenvalue weighted by Gasteiger charge is 2.18. The van der Waals surface area contributed by atoms with Gasteiger partial charge in [-0.1, -0.05) is 11.2 Å². The lowest BCUT2D eigenvalue weighted by Gasteiger charge is -2.11. The highest BCUT2D eigenvalue weighted by atomic mass is 32.2. The molecule has 1 unspecified atom stereocenters. The van der Waals surface area contributed by atoms with Gasteiger partial charge in [-0.2, -0.15) is 0 Å². The lowest BCUT2D eigenvalue weighted by atomic mass is 10.3. The monoisotopic (exact) mass is 355 g/mol. The third kappa shape index (κ3) is 4.79. The summed E-state index contributed by atoms with van der Waals surface area (Å²) in [5, 5.41) is 7.75. The molecule has 0 aliphatic carbocycles. The van der Waals surface area contributed by atoms with Gasteiger partial charge < -0.3 is 15.2 Å². The van der Waals surface area contributed by atoms with Crippen LogP contribution in [0.25, 0.3) is 0 Å². The molecule has 2 N–H and O–H groups in total. The molecule has 1 aromatic carbocycles. The summed E-state index contributed by atoms with van der Waals surface area (Å²) in [5.41, 5.74) is -0.502. The molecule has 1 atom stereocenters. The number of hydrogen-bond acceptors (Lipinski definition) is 5. The Balaban J connectivity index is 1.83. The number of para-hydroxylation sites is 1. The Labute approximate surface area is 141 Å². The van der Waals surface area contributed by atoms with Crippen molar-refractivity contribution in [1.29, 1.82) is 0 Å². The van der Waals surface area contributed by atoms with Gasteiger partial charge in [-0.25, -0.2) is 8.78 Å². The van der Waals surface area contributed by atoms with Gasteiger partial charge >= 0.3 is 0 Å². The molecule has 24 heavy (non-hydrogen) atoms. The molecule has 0 spiro atoms. The Morgan fingerprint density at radius 1 is 1.29 bits per heavy atom. The van der Waals surface area contributed by atoms with E-state index < -0.39 is 28.5 Å². The minimum atomic E-state index is -0.861. The van der Waals surface area contributed by atoms with Crippen molar-refractivity contribution in [1.82, 2.24) is 5.16 Å². The Morgan fingerprint density at radius 3 is 2.54 bits per heavy atom. The van der Waals surface area contributed by atoms with E-state index in [0.29, 0.717) is 5.76 Å². The summed E-state index contributed by atoms with van der Waals surface area (Å²) in [6.45, 7) is 3.29. The zero-order chi connectivity index (χ0) is 17.7. The molecule has 0 aliphatic heterocycles. The molecule has 6 nitrogen and oxygen atoms in total. The van der Waals surface area contributed by atoms with E-state index in [-0.39, 0.29) is 17.5 Å². The first kappa shape index (κ1) is 17.9. The van der Waals surface area contributed by atoms with E-state index in [4.69, 9.17) is 4.52 Å². The second-order valence-electron chi connectivity index (χ2n) is 4.91. The number of benzene rings is 1. The molecule has 2 aromatic rings. The van der Waals surface area contributed by atoms with Crippen molar-refractivity contribution in [2.75, 3.05) is 16.4 Å². The number of nitrogens with zero attached hydrogens (tertiary/aromatic N) is 1. The van der Waals surface area contributed by atoms with E-state index >= 15 is 0 Å². The summed E-state index contributed by atoms with van der Waals surface area (Å²) in [4.78, 5) is 23.7. The number of anilines is 2. The van der Waals surface area contributed by atoms with Crippen LogP contribution in [0.5, 0.6) is 0 Å². The molecule has 0 saturated carbocycles. The van der Waals surface area contributed by atoms with Gasteiger partial charge in [0.15, 0.2) is 5.82 Å². The van der Waals surface area contributed by atoms with Crippen LogP contribution in [0.2, 0.25) is 0 Å². The molecule has 9 heteroatoms. The Bertz CT molecular complexity index is 731. The van der Waals surface area contributed by atoms with Gasteiger partial charge in [0, 0.05) is 6.07 Å². The SMILES string of the molecule is Cc1cc(NC(=O)C(C)SCC(=O)Nc2c(F)cccc2F)no1. The molecule has 0 radical (unpaired) electrons. The van der Waals surface area contributed by atoms with Crippen LogP contribution in [-0.2, 0) is 9.59 Å². The van der Waals surface area contributed by atoms with Crippen molar-refractivity contribution in [3.63, 3.8) is 0 Å². The fourth-order valence-electron chi connectivity index (χ4n) is 1.72. The molecule has 2 amide bonds. The van der Waals surface area contributed by atoms with E-state index in [9.17, 15) is 18.4 Å². The van der Waals surface area contributed by atoms with Crippen LogP contribution < -0.4 is 10.6 Å². The topological polar surface area (TPSA) is 84.2 Å². The second kappa shape index (κ2) is 7.91. The van der Waals surface area contributed by atoms with Gasteiger partial charge in [0.05, 0.1) is 11.0 Å². The number of aryl methyl sites for hydroxylation is 1. The lowest BCUT2D eigenvalue weighted by molar-refractivity contribution is -0.115. The van der Waals surface area contributed by atoms with Crippen molar-refractivity contribution in [3.8, 4) is 0 Å². The molecular formula is C15H15F2N3O3S. The van der Waals surface area contributed by atoms with Gasteiger partial charge in [-0.05, 0) is 26.0 Å². The average Bonchev–Trinajstić information content (AvgIpc) is 2.93. The van der Waals surface area contributed by atoms with E-state index in [1.807, 2.05) is 0 Å². The molecule has 2 rings (SSSR count). The predicted molar refractivity (Wildman–Crippen MR) is 86.8 cm³/mol. The van der Waals surface area contributed by atoms with Crippen LogP contribution in [0.4, 0.5) is 20.3 Å². The van der Waals surface area contributed by atoms with Crippen LogP contribution in [0.3, 0.4) is 0 Å². The maximum atomic E-state index is 13.4. The van der Waals surface area contributed by atoms with Crippen LogP contribution in [0, 0.1) is 18.6 Å². The van der Waals surface area contributed by atoms with Crippen molar-refractivity contribution in [2.24, 2.45) is 0 Å². The number of carbonyl (C=O) groups excluding carboxylic acids is 2. The van der Waals surface area contributed by atoms with E-state index in [2.05, 4.69) is 15.8 Å². The Hall–Kier alpha value is -2.42. The van der Waals surface area contributed by atoms with Crippen LogP contribution in [-0.4, -0.2) is 28.0 Å². The number of amides is 2. The van der Waals surface area contributed by atoms with Crippen molar-refractivity contribution in [3.05, 3.63) is 41.7 Å². The minimum absolute atomic E-state index is 0.139. The normalized spacial score (nSPS) is 11.8. The standard InChI is InChI=1S/C15H15F2N3O3S/c1-8-6-12(20-23-8)18-15(22)9(2)24-7-13(21)19-14-10(16)4-3-5-11(14)17/h3-6,9H,7H2,1-2H3,(H,19,21)(H,18,20,22). The van der Waals surface area contributed by atoms with E-state index in [0.717, 1.165) is 23.9 Å². The molecular weight excluding hydrogens is 340 g/mol. The van der Waals surface area contributed by atoms with Gasteiger partial charge in [0.25, 0.3) is 0 Å². The zero-order valence-electron chi connectivity index (χ0n) is 12.9. The maximum absolute atomic E-state index is 13.4. The van der Waals surface area contributed by atoms with Crippen LogP contribution >= 0.6 is 11.8 Å². The third-order valence-corrected chi connectivity index (χ3v) is 4.08. The van der Waals surface area contributed by atoms with Crippen molar-refractivity contribution in [2.45, 2.75) is 19.1 Å². The molecule has 0 saturated heterocycles. The van der Waals surface area contributed by atoms with Crippen molar-refractivity contribution >= 4 is 35.1 Å². The zero-order valence-corrected chi connectivity index (χ0v) is 13.7. The second-order valence-corrected chi connectivity index (χ2v) is 6.24. The first-order chi connectivity index (χ1) is 11.4. The number of aromatic nitrogens is 1. The first-order valence-electron chi connectivity index (χ1n) is 6.96. The summed E-state index contributed by atoms with van der Waals surface area (Å²) in [6, 6.07) is 4.85. The highest BCUT2D eigenvalue weighted by molar-refractivity contribution is 8.01. The molecule has 0 bridgehead atoms. The van der Waals surface area contributed by atoms with Gasteiger partial charge in [0.2, 0.25) is 11.8 Å². The summed E-state index contributed by atoms with van der Waals surface area (Å²) in [6.07, 6.45) is 0. The largest absolute Gasteiger partial charge is 0.360 e. The average molecular weight is 355 g/mol. The fraction of sp³-hybridized carbons (Fsp3) is 0.267. The van der Waals surface area contributed by atoms with Gasteiger partial charge in [0.1, 0.15) is 23.1 Å². The van der Waals surface area contributed by atoms with E-state index in [1.54, 1.807) is 19.9 Å². The number of nitrogens with one attached hydrogen (secondary N) is 2. The predicted octanol–water partition coefficient (Wildman–Crippen LogP) is 2.96. The van der Waals surface area contributed by atoms with Crippen LogP contribution in [0.15, 0.2) is 28.8 Å². The summed E-state index contributed by atoms with van der Waals surface area (Å²) in [7, 11) is 0. The number of hydrogen-bond donors (Lipinski definition) is 2. The molecule has 1 heterocycles. The molecule has 1 aromatic heterocycles. The van der Waals surface area contributed by atoms with Gasteiger partial charge in [-0.3, -0.25) is 9.59 Å². The number of carbonyl (C=O) groups is 2. The smallest absolute Gasteiger partial charge is 0.238 e. The fourth-order valence-corrected chi connectivity index (χ4v) is 2.41.